The number of hydrazone groups is 1. The Morgan fingerprint density at radius 3 is 2.83 bits per heavy atom. The molecule has 1 heterocycles. The summed E-state index contributed by atoms with van der Waals surface area (Å²) in [6, 6.07) is 2.25. The van der Waals surface area contributed by atoms with Gasteiger partial charge in [0, 0.05) is 24.0 Å². The first-order valence-corrected chi connectivity index (χ1v) is 8.27. The van der Waals surface area contributed by atoms with Crippen LogP contribution >= 0.6 is 12.2 Å². The fourth-order valence-electron chi connectivity index (χ4n) is 2.73. The van der Waals surface area contributed by atoms with E-state index in [2.05, 4.69) is 15.8 Å². The van der Waals surface area contributed by atoms with Crippen LogP contribution in [0.15, 0.2) is 15.6 Å². The molecule has 126 valence electrons. The quantitative estimate of drug-likeness (QED) is 0.464. The number of aryl methyl sites for hydroxylation is 2. The first kappa shape index (κ1) is 17.5. The van der Waals surface area contributed by atoms with E-state index in [4.69, 9.17) is 16.6 Å². The predicted molar refractivity (Wildman–Crippen MR) is 90.1 cm³/mol. The summed E-state index contributed by atoms with van der Waals surface area (Å²) in [6.45, 7) is 3.68. The lowest BCUT2D eigenvalue weighted by molar-refractivity contribution is -0.305. The van der Waals surface area contributed by atoms with Gasteiger partial charge in [-0.05, 0) is 51.4 Å². The van der Waals surface area contributed by atoms with Gasteiger partial charge < -0.3 is 19.6 Å². The van der Waals surface area contributed by atoms with Crippen molar-refractivity contribution in [2.24, 2.45) is 5.10 Å². The van der Waals surface area contributed by atoms with Crippen molar-refractivity contribution < 1.29 is 14.3 Å². The molecule has 0 unspecified atom stereocenters. The molecular weight excluding hydrogens is 314 g/mol. The molecule has 0 saturated heterocycles. The van der Waals surface area contributed by atoms with Crippen LogP contribution < -0.4 is 15.8 Å². The molecule has 0 atom stereocenters. The lowest BCUT2D eigenvalue weighted by atomic mass is 10.1. The highest BCUT2D eigenvalue weighted by Gasteiger charge is 2.15. The standard InChI is InChI=1S/C16H23N3O3S/c1-10(18-19-16(23)17-12-5-3-4-6-12)14-9-13(22-11(14)2)7-8-15(20)21/h9,12H,3-8H2,1-2H3,(H,20,21)(H2,17,19,23)/p-1/b18-10-. The van der Waals surface area contributed by atoms with Gasteiger partial charge in [-0.2, -0.15) is 5.10 Å². The Morgan fingerprint density at radius 1 is 1.48 bits per heavy atom. The molecule has 2 rings (SSSR count). The Bertz CT molecular complexity index is 604. The Morgan fingerprint density at radius 2 is 2.17 bits per heavy atom. The highest BCUT2D eigenvalue weighted by Crippen LogP contribution is 2.18. The summed E-state index contributed by atoms with van der Waals surface area (Å²) in [5.41, 5.74) is 4.44. The fraction of sp³-hybridized carbons (Fsp3) is 0.562. The molecule has 0 aliphatic heterocycles. The number of hydrogen-bond acceptors (Lipinski definition) is 5. The van der Waals surface area contributed by atoms with E-state index in [9.17, 15) is 9.90 Å². The maximum Gasteiger partial charge on any atom is 0.187 e. The first-order valence-electron chi connectivity index (χ1n) is 7.86. The third-order valence-corrected chi connectivity index (χ3v) is 4.16. The molecular formula is C16H22N3O3S-. The second kappa shape index (κ2) is 8.10. The molecule has 6 nitrogen and oxygen atoms in total. The van der Waals surface area contributed by atoms with Crippen molar-refractivity contribution in [3.05, 3.63) is 23.2 Å². The summed E-state index contributed by atoms with van der Waals surface area (Å²) in [4.78, 5) is 10.5. The van der Waals surface area contributed by atoms with Crippen LogP contribution in [0.1, 0.15) is 56.1 Å². The number of carbonyl (C=O) groups is 1. The molecule has 1 saturated carbocycles. The summed E-state index contributed by atoms with van der Waals surface area (Å²) >= 11 is 5.24. The number of thiocarbonyl (C=S) groups is 1. The molecule has 23 heavy (non-hydrogen) atoms. The number of carboxylic acid groups (broad SMARTS) is 1. The van der Waals surface area contributed by atoms with E-state index in [1.54, 1.807) is 0 Å². The van der Waals surface area contributed by atoms with Crippen LogP contribution in [0, 0.1) is 6.92 Å². The molecule has 0 bridgehead atoms. The molecule has 1 aromatic heterocycles. The van der Waals surface area contributed by atoms with Crippen LogP contribution in [0.25, 0.3) is 0 Å². The van der Waals surface area contributed by atoms with Crippen molar-refractivity contribution in [3.8, 4) is 0 Å². The predicted octanol–water partition coefficient (Wildman–Crippen LogP) is 1.40. The minimum absolute atomic E-state index is 0.0593. The van der Waals surface area contributed by atoms with Gasteiger partial charge in [0.2, 0.25) is 0 Å². The number of carbonyl (C=O) groups excluding carboxylic acids is 1. The van der Waals surface area contributed by atoms with Crippen molar-refractivity contribution in [3.63, 3.8) is 0 Å². The largest absolute Gasteiger partial charge is 0.550 e. The number of furan rings is 1. The monoisotopic (exact) mass is 336 g/mol. The van der Waals surface area contributed by atoms with Crippen LogP contribution in [-0.2, 0) is 11.2 Å². The normalized spacial score (nSPS) is 15.7. The maximum atomic E-state index is 10.5. The van der Waals surface area contributed by atoms with Gasteiger partial charge in [0.05, 0.1) is 5.71 Å². The minimum atomic E-state index is -1.09. The lowest BCUT2D eigenvalue weighted by Crippen LogP contribution is -2.38. The van der Waals surface area contributed by atoms with Crippen molar-refractivity contribution in [2.75, 3.05) is 0 Å². The molecule has 7 heteroatoms. The van der Waals surface area contributed by atoms with Crippen LogP contribution in [0.5, 0.6) is 0 Å². The van der Waals surface area contributed by atoms with E-state index in [1.807, 2.05) is 19.9 Å². The minimum Gasteiger partial charge on any atom is -0.550 e. The van der Waals surface area contributed by atoms with Gasteiger partial charge in [0.15, 0.2) is 5.11 Å². The number of nitrogens with zero attached hydrogens (tertiary/aromatic N) is 1. The van der Waals surface area contributed by atoms with Gasteiger partial charge in [-0.3, -0.25) is 5.43 Å². The first-order chi connectivity index (χ1) is 11.0. The smallest absolute Gasteiger partial charge is 0.187 e. The van der Waals surface area contributed by atoms with Crippen molar-refractivity contribution in [1.29, 1.82) is 0 Å². The molecule has 1 aromatic rings. The average molecular weight is 336 g/mol. The van der Waals surface area contributed by atoms with E-state index >= 15 is 0 Å². The third kappa shape index (κ3) is 5.35. The summed E-state index contributed by atoms with van der Waals surface area (Å²) < 4.78 is 5.55. The van der Waals surface area contributed by atoms with Crippen molar-refractivity contribution >= 4 is 29.0 Å². The van der Waals surface area contributed by atoms with E-state index in [0.717, 1.165) is 24.1 Å². The zero-order chi connectivity index (χ0) is 16.8. The zero-order valence-electron chi connectivity index (χ0n) is 13.5. The fourth-order valence-corrected chi connectivity index (χ4v) is 2.95. The summed E-state index contributed by atoms with van der Waals surface area (Å²) in [5, 5.41) is 18.6. The SMILES string of the molecule is C/C(=N/NC(=S)NC1CCCC1)c1cc(CCC(=O)[O-])oc1C. The van der Waals surface area contributed by atoms with Crippen molar-refractivity contribution in [1.82, 2.24) is 10.7 Å². The molecule has 0 aromatic carbocycles. The highest BCUT2D eigenvalue weighted by atomic mass is 32.1. The van der Waals surface area contributed by atoms with Gasteiger partial charge in [-0.25, -0.2) is 0 Å². The second-order valence-electron chi connectivity index (χ2n) is 5.82. The van der Waals surface area contributed by atoms with Crippen LogP contribution in [0.4, 0.5) is 0 Å². The van der Waals surface area contributed by atoms with E-state index in [1.165, 1.54) is 12.8 Å². The average Bonchev–Trinajstić information content (AvgIpc) is 3.12. The van der Waals surface area contributed by atoms with Gasteiger partial charge in [-0.1, -0.05) is 12.8 Å². The van der Waals surface area contributed by atoms with Crippen LogP contribution in [0.2, 0.25) is 0 Å². The maximum absolute atomic E-state index is 10.5. The summed E-state index contributed by atoms with van der Waals surface area (Å²) in [7, 11) is 0. The highest BCUT2D eigenvalue weighted by molar-refractivity contribution is 7.80. The topological polar surface area (TPSA) is 89.7 Å². The molecule has 2 N–H and O–H groups in total. The number of aliphatic carboxylic acids is 1. The Labute approximate surface area is 141 Å². The number of hydrogen-bond donors (Lipinski definition) is 2. The molecule has 0 amide bonds. The number of rotatable bonds is 6. The molecule has 1 fully saturated rings. The van der Waals surface area contributed by atoms with Crippen molar-refractivity contribution in [2.45, 2.75) is 58.4 Å². The Kier molecular flexibility index (Phi) is 6.15. The molecule has 1 aliphatic rings. The lowest BCUT2D eigenvalue weighted by Gasteiger charge is -2.13. The second-order valence-corrected chi connectivity index (χ2v) is 6.23. The van der Waals surface area contributed by atoms with Crippen LogP contribution in [-0.4, -0.2) is 22.8 Å². The van der Waals surface area contributed by atoms with Crippen LogP contribution in [0.3, 0.4) is 0 Å². The zero-order valence-corrected chi connectivity index (χ0v) is 14.3. The summed E-state index contributed by atoms with van der Waals surface area (Å²) in [5.74, 6) is 0.231. The van der Waals surface area contributed by atoms with Gasteiger partial charge in [-0.15, -0.1) is 0 Å². The Balaban J connectivity index is 1.91. The third-order valence-electron chi connectivity index (χ3n) is 3.95. The van der Waals surface area contributed by atoms with E-state index < -0.39 is 5.97 Å². The molecule has 0 radical (unpaired) electrons. The van der Waals surface area contributed by atoms with Gasteiger partial charge >= 0.3 is 0 Å². The van der Waals surface area contributed by atoms with E-state index in [-0.39, 0.29) is 6.42 Å². The Hall–Kier alpha value is -1.89. The van der Waals surface area contributed by atoms with Gasteiger partial charge in [0.25, 0.3) is 0 Å². The number of nitrogens with one attached hydrogen (secondary N) is 2. The molecule has 1 aliphatic carbocycles. The van der Waals surface area contributed by atoms with Gasteiger partial charge in [0.1, 0.15) is 11.5 Å². The van der Waals surface area contributed by atoms with E-state index in [0.29, 0.717) is 29.1 Å². The number of carboxylic acids is 1. The molecule has 0 spiro atoms. The summed E-state index contributed by atoms with van der Waals surface area (Å²) in [6.07, 6.45) is 5.03.